The van der Waals surface area contributed by atoms with Gasteiger partial charge in [0.2, 0.25) is 6.79 Å². The van der Waals surface area contributed by atoms with Crippen molar-refractivity contribution < 1.29 is 24.3 Å². The number of piperazine rings is 1. The maximum atomic E-state index is 10.3. The number of aromatic amines is 1. The molecular formula is C19H24N3O4+. The number of nitrogens with zero attached hydrogens (tertiary/aromatic N) is 2. The molecule has 4 rings (SSSR count). The van der Waals surface area contributed by atoms with Gasteiger partial charge < -0.3 is 19.3 Å². The normalized spacial score (nSPS) is 18.0. The van der Waals surface area contributed by atoms with Gasteiger partial charge in [0, 0.05) is 31.8 Å². The summed E-state index contributed by atoms with van der Waals surface area (Å²) in [6.07, 6.45) is 1.41. The lowest BCUT2D eigenvalue weighted by Crippen LogP contribution is -2.50. The van der Waals surface area contributed by atoms with Crippen LogP contribution in [0.2, 0.25) is 0 Å². The SMILES string of the molecule is O[C@H](COc1ccc2c(c1)OCO2)CN1CCN(c2cccc[nH+]2)CC1. The van der Waals surface area contributed by atoms with Crippen LogP contribution in [0.25, 0.3) is 0 Å². The molecular weight excluding hydrogens is 334 g/mol. The zero-order valence-electron chi connectivity index (χ0n) is 14.6. The van der Waals surface area contributed by atoms with E-state index in [-0.39, 0.29) is 13.4 Å². The van der Waals surface area contributed by atoms with Crippen molar-refractivity contribution in [1.29, 1.82) is 0 Å². The minimum absolute atomic E-state index is 0.244. The molecule has 138 valence electrons. The molecule has 26 heavy (non-hydrogen) atoms. The monoisotopic (exact) mass is 358 g/mol. The van der Waals surface area contributed by atoms with Crippen molar-refractivity contribution in [2.24, 2.45) is 0 Å². The van der Waals surface area contributed by atoms with Crippen LogP contribution in [0.3, 0.4) is 0 Å². The van der Waals surface area contributed by atoms with E-state index < -0.39 is 6.10 Å². The molecule has 1 aromatic carbocycles. The molecule has 7 heteroatoms. The molecule has 2 aliphatic rings. The Morgan fingerprint density at radius 2 is 1.92 bits per heavy atom. The third-order valence-electron chi connectivity index (χ3n) is 4.66. The second-order valence-electron chi connectivity index (χ2n) is 6.52. The van der Waals surface area contributed by atoms with Crippen LogP contribution in [0.5, 0.6) is 17.2 Å². The Morgan fingerprint density at radius 3 is 2.73 bits per heavy atom. The van der Waals surface area contributed by atoms with Gasteiger partial charge in [0.05, 0.1) is 19.3 Å². The molecule has 2 aromatic rings. The molecule has 2 aliphatic heterocycles. The number of H-pyrrole nitrogens is 1. The molecule has 0 saturated carbocycles. The van der Waals surface area contributed by atoms with Crippen molar-refractivity contribution in [2.75, 3.05) is 51.0 Å². The summed E-state index contributed by atoms with van der Waals surface area (Å²) in [4.78, 5) is 7.87. The lowest BCUT2D eigenvalue weighted by Gasteiger charge is -2.32. The molecule has 0 unspecified atom stereocenters. The predicted octanol–water partition coefficient (Wildman–Crippen LogP) is 0.791. The summed E-state index contributed by atoms with van der Waals surface area (Å²) >= 11 is 0. The molecule has 0 spiro atoms. The van der Waals surface area contributed by atoms with E-state index >= 15 is 0 Å². The number of anilines is 1. The van der Waals surface area contributed by atoms with Gasteiger partial charge in [-0.2, -0.15) is 0 Å². The van der Waals surface area contributed by atoms with E-state index in [9.17, 15) is 5.11 Å². The number of hydrogen-bond donors (Lipinski definition) is 1. The van der Waals surface area contributed by atoms with Crippen LogP contribution in [0.1, 0.15) is 0 Å². The summed E-state index contributed by atoms with van der Waals surface area (Å²) < 4.78 is 16.3. The van der Waals surface area contributed by atoms with E-state index in [4.69, 9.17) is 14.2 Å². The summed E-state index contributed by atoms with van der Waals surface area (Å²) in [7, 11) is 0. The van der Waals surface area contributed by atoms with Crippen molar-refractivity contribution in [2.45, 2.75) is 6.10 Å². The fourth-order valence-electron chi connectivity index (χ4n) is 3.26. The second kappa shape index (κ2) is 7.80. The van der Waals surface area contributed by atoms with E-state index in [1.807, 2.05) is 30.5 Å². The van der Waals surface area contributed by atoms with Crippen molar-refractivity contribution in [3.63, 3.8) is 0 Å². The smallest absolute Gasteiger partial charge is 0.274 e. The van der Waals surface area contributed by atoms with Gasteiger partial charge in [0.1, 0.15) is 18.5 Å². The predicted molar refractivity (Wildman–Crippen MR) is 95.7 cm³/mol. The van der Waals surface area contributed by atoms with Crippen LogP contribution in [0, 0.1) is 0 Å². The molecule has 0 radical (unpaired) electrons. The number of ether oxygens (including phenoxy) is 3. The van der Waals surface area contributed by atoms with E-state index in [2.05, 4.69) is 20.9 Å². The highest BCUT2D eigenvalue weighted by atomic mass is 16.7. The Balaban J connectivity index is 1.21. The molecule has 2 N–H and O–H groups in total. The number of nitrogens with one attached hydrogen (secondary N) is 1. The quantitative estimate of drug-likeness (QED) is 0.824. The summed E-state index contributed by atoms with van der Waals surface area (Å²) in [5, 5.41) is 10.3. The van der Waals surface area contributed by atoms with Gasteiger partial charge in [0.25, 0.3) is 5.82 Å². The average molecular weight is 358 g/mol. The summed E-state index contributed by atoms with van der Waals surface area (Å²) in [5.41, 5.74) is 0. The number of β-amino-alcohol motifs (C(OH)–C–C–N with tert-alkyl or cyclic N) is 1. The Morgan fingerprint density at radius 1 is 1.08 bits per heavy atom. The van der Waals surface area contributed by atoms with Crippen molar-refractivity contribution in [3.8, 4) is 17.2 Å². The molecule has 1 saturated heterocycles. The molecule has 1 fully saturated rings. The Kier molecular flexibility index (Phi) is 5.08. The van der Waals surface area contributed by atoms with Gasteiger partial charge in [-0.25, -0.2) is 4.98 Å². The number of aliphatic hydroxyl groups is 1. The maximum absolute atomic E-state index is 10.3. The molecule has 7 nitrogen and oxygen atoms in total. The summed E-state index contributed by atoms with van der Waals surface area (Å²) in [6.45, 7) is 4.83. The molecule has 0 amide bonds. The van der Waals surface area contributed by atoms with Crippen LogP contribution < -0.4 is 24.1 Å². The van der Waals surface area contributed by atoms with E-state index in [0.29, 0.717) is 18.0 Å². The standard InChI is InChI=1S/C19H23N3O4/c23-15(13-24-16-4-5-17-18(11-16)26-14-25-17)12-21-7-9-22(10-8-21)19-3-1-2-6-20-19/h1-6,11,15,23H,7-10,12-14H2/p+1/t15-/m0/s1. The van der Waals surface area contributed by atoms with Crippen LogP contribution in [0.15, 0.2) is 42.6 Å². The second-order valence-corrected chi connectivity index (χ2v) is 6.52. The molecule has 0 bridgehead atoms. The van der Waals surface area contributed by atoms with Crippen molar-refractivity contribution in [1.82, 2.24) is 4.90 Å². The van der Waals surface area contributed by atoms with Gasteiger partial charge in [-0.15, -0.1) is 0 Å². The summed E-state index contributed by atoms with van der Waals surface area (Å²) in [5.74, 6) is 3.23. The Labute approximate surface area is 152 Å². The van der Waals surface area contributed by atoms with E-state index in [1.165, 1.54) is 0 Å². The highest BCUT2D eigenvalue weighted by Gasteiger charge is 2.24. The molecule has 3 heterocycles. The van der Waals surface area contributed by atoms with E-state index in [1.54, 1.807) is 6.07 Å². The highest BCUT2D eigenvalue weighted by molar-refractivity contribution is 5.46. The third-order valence-corrected chi connectivity index (χ3v) is 4.66. The third kappa shape index (κ3) is 4.00. The van der Waals surface area contributed by atoms with E-state index in [0.717, 1.165) is 37.7 Å². The lowest BCUT2D eigenvalue weighted by atomic mass is 10.2. The lowest BCUT2D eigenvalue weighted by molar-refractivity contribution is -0.364. The number of aliphatic hydroxyl groups excluding tert-OH is 1. The number of pyridine rings is 1. The van der Waals surface area contributed by atoms with Crippen LogP contribution in [0.4, 0.5) is 5.82 Å². The van der Waals surface area contributed by atoms with Gasteiger partial charge in [0.15, 0.2) is 11.5 Å². The zero-order chi connectivity index (χ0) is 17.8. The molecule has 0 aliphatic carbocycles. The fraction of sp³-hybridized carbons (Fsp3) is 0.421. The van der Waals surface area contributed by atoms with Gasteiger partial charge >= 0.3 is 0 Å². The molecule has 1 aromatic heterocycles. The number of rotatable bonds is 6. The van der Waals surface area contributed by atoms with Crippen LogP contribution >= 0.6 is 0 Å². The van der Waals surface area contributed by atoms with Crippen molar-refractivity contribution >= 4 is 5.82 Å². The number of fused-ring (bicyclic) bond motifs is 1. The first kappa shape index (κ1) is 16.9. The number of benzene rings is 1. The minimum Gasteiger partial charge on any atom is -0.491 e. The average Bonchev–Trinajstić information content (AvgIpc) is 3.15. The van der Waals surface area contributed by atoms with Crippen molar-refractivity contribution in [3.05, 3.63) is 42.6 Å². The topological polar surface area (TPSA) is 68.5 Å². The minimum atomic E-state index is -0.532. The van der Waals surface area contributed by atoms with Gasteiger partial charge in [-0.1, -0.05) is 6.07 Å². The van der Waals surface area contributed by atoms with Crippen LogP contribution in [-0.4, -0.2) is 62.2 Å². The first-order valence-electron chi connectivity index (χ1n) is 8.92. The number of aromatic nitrogens is 1. The number of hydrogen-bond acceptors (Lipinski definition) is 6. The Hall–Kier alpha value is -2.51. The maximum Gasteiger partial charge on any atom is 0.274 e. The largest absolute Gasteiger partial charge is 0.491 e. The first-order valence-corrected chi connectivity index (χ1v) is 8.92. The summed E-state index contributed by atoms with van der Waals surface area (Å²) in [6, 6.07) is 11.6. The molecule has 1 atom stereocenters. The van der Waals surface area contributed by atoms with Crippen LogP contribution in [-0.2, 0) is 0 Å². The van der Waals surface area contributed by atoms with Gasteiger partial charge in [-0.3, -0.25) is 9.80 Å². The first-order chi connectivity index (χ1) is 12.8. The highest BCUT2D eigenvalue weighted by Crippen LogP contribution is 2.35. The fourth-order valence-corrected chi connectivity index (χ4v) is 3.26. The zero-order valence-corrected chi connectivity index (χ0v) is 14.6. The Bertz CT molecular complexity index is 720. The van der Waals surface area contributed by atoms with Gasteiger partial charge in [-0.05, 0) is 18.2 Å².